The van der Waals surface area contributed by atoms with Gasteiger partial charge in [0.25, 0.3) is 0 Å². The van der Waals surface area contributed by atoms with Gasteiger partial charge in [-0.05, 0) is 25.0 Å². The molecule has 0 N–H and O–H groups in total. The Morgan fingerprint density at radius 2 is 2.35 bits per heavy atom. The lowest BCUT2D eigenvalue weighted by Crippen LogP contribution is -2.09. The fourth-order valence-electron chi connectivity index (χ4n) is 2.01. The van der Waals surface area contributed by atoms with E-state index in [2.05, 4.69) is 5.10 Å². The van der Waals surface area contributed by atoms with Crippen molar-refractivity contribution in [3.8, 4) is 0 Å². The van der Waals surface area contributed by atoms with E-state index in [0.717, 1.165) is 23.9 Å². The van der Waals surface area contributed by atoms with Gasteiger partial charge < -0.3 is 4.74 Å². The number of Topliss-reactive ketones (excluding diaryl/α,β-unsaturated/α-hetero) is 1. The SMILES string of the molecule is O=C(C1=COCCC1)c1cnn2ccccc12. The average molecular weight is 228 g/mol. The molecule has 0 atom stereocenters. The zero-order valence-corrected chi connectivity index (χ0v) is 9.30. The number of carbonyl (C=O) groups is 1. The Bertz CT molecular complexity index is 598. The Morgan fingerprint density at radius 3 is 3.18 bits per heavy atom. The lowest BCUT2D eigenvalue weighted by Gasteiger charge is -2.11. The van der Waals surface area contributed by atoms with Gasteiger partial charge in [0.05, 0.1) is 30.1 Å². The van der Waals surface area contributed by atoms with Gasteiger partial charge in [0.2, 0.25) is 0 Å². The van der Waals surface area contributed by atoms with Crippen molar-refractivity contribution in [2.75, 3.05) is 6.61 Å². The van der Waals surface area contributed by atoms with Crippen LogP contribution in [-0.2, 0) is 4.74 Å². The third kappa shape index (κ3) is 1.71. The highest BCUT2D eigenvalue weighted by Crippen LogP contribution is 2.20. The van der Waals surface area contributed by atoms with Gasteiger partial charge in [-0.3, -0.25) is 4.79 Å². The smallest absolute Gasteiger partial charge is 0.195 e. The van der Waals surface area contributed by atoms with Gasteiger partial charge in [0, 0.05) is 11.8 Å². The second kappa shape index (κ2) is 4.05. The third-order valence-electron chi connectivity index (χ3n) is 2.90. The van der Waals surface area contributed by atoms with E-state index in [-0.39, 0.29) is 5.78 Å². The standard InChI is InChI=1S/C13H12N2O2/c16-13(10-4-3-7-17-9-10)11-8-14-15-6-2-1-5-12(11)15/h1-2,5-6,8-9H,3-4,7H2. The Hall–Kier alpha value is -2.10. The topological polar surface area (TPSA) is 43.6 Å². The van der Waals surface area contributed by atoms with Crippen LogP contribution in [0.5, 0.6) is 0 Å². The summed E-state index contributed by atoms with van der Waals surface area (Å²) in [6.45, 7) is 0.700. The molecule has 0 amide bonds. The molecule has 0 fully saturated rings. The number of pyridine rings is 1. The molecular formula is C13H12N2O2. The van der Waals surface area contributed by atoms with Crippen molar-refractivity contribution >= 4 is 11.3 Å². The van der Waals surface area contributed by atoms with Crippen molar-refractivity contribution in [3.63, 3.8) is 0 Å². The molecule has 3 heterocycles. The molecule has 4 heteroatoms. The van der Waals surface area contributed by atoms with Crippen molar-refractivity contribution in [2.45, 2.75) is 12.8 Å². The first-order valence-corrected chi connectivity index (χ1v) is 5.64. The molecule has 86 valence electrons. The summed E-state index contributed by atoms with van der Waals surface area (Å²) in [7, 11) is 0. The van der Waals surface area contributed by atoms with Crippen LogP contribution in [0, 0.1) is 0 Å². The van der Waals surface area contributed by atoms with Crippen LogP contribution in [0.15, 0.2) is 42.4 Å². The second-order valence-electron chi connectivity index (χ2n) is 4.04. The van der Waals surface area contributed by atoms with Crippen LogP contribution in [0.2, 0.25) is 0 Å². The molecule has 0 radical (unpaired) electrons. The number of nitrogens with zero attached hydrogens (tertiary/aromatic N) is 2. The zero-order chi connectivity index (χ0) is 11.7. The minimum absolute atomic E-state index is 0.0194. The number of aromatic nitrogens is 2. The molecule has 0 aliphatic carbocycles. The van der Waals surface area contributed by atoms with Crippen molar-refractivity contribution in [1.82, 2.24) is 9.61 Å². The lowest BCUT2D eigenvalue weighted by molar-refractivity contribution is 0.101. The summed E-state index contributed by atoms with van der Waals surface area (Å²) in [5.41, 5.74) is 2.21. The average Bonchev–Trinajstić information content (AvgIpc) is 2.83. The maximum atomic E-state index is 12.3. The van der Waals surface area contributed by atoms with Gasteiger partial charge >= 0.3 is 0 Å². The predicted octanol–water partition coefficient (Wildman–Crippen LogP) is 2.21. The van der Waals surface area contributed by atoms with Crippen molar-refractivity contribution < 1.29 is 9.53 Å². The molecule has 4 nitrogen and oxygen atoms in total. The number of ketones is 1. The van der Waals surface area contributed by atoms with Crippen LogP contribution in [-0.4, -0.2) is 22.0 Å². The van der Waals surface area contributed by atoms with Crippen LogP contribution in [0.3, 0.4) is 0 Å². The van der Waals surface area contributed by atoms with Crippen LogP contribution in [0.1, 0.15) is 23.2 Å². The molecule has 0 bridgehead atoms. The van der Waals surface area contributed by atoms with E-state index in [1.54, 1.807) is 17.0 Å². The fraction of sp³-hybridized carbons (Fsp3) is 0.231. The molecule has 1 aliphatic rings. The first-order chi connectivity index (χ1) is 8.36. The molecule has 0 saturated heterocycles. The van der Waals surface area contributed by atoms with Gasteiger partial charge in [0.1, 0.15) is 0 Å². The van der Waals surface area contributed by atoms with Gasteiger partial charge in [-0.15, -0.1) is 0 Å². The Morgan fingerprint density at radius 1 is 1.41 bits per heavy atom. The summed E-state index contributed by atoms with van der Waals surface area (Å²) in [6.07, 6.45) is 6.71. The highest BCUT2D eigenvalue weighted by atomic mass is 16.5. The summed E-state index contributed by atoms with van der Waals surface area (Å²) in [5.74, 6) is 0.0194. The van der Waals surface area contributed by atoms with E-state index in [4.69, 9.17) is 4.74 Å². The van der Waals surface area contributed by atoms with Crippen molar-refractivity contribution in [2.24, 2.45) is 0 Å². The molecule has 17 heavy (non-hydrogen) atoms. The maximum absolute atomic E-state index is 12.3. The summed E-state index contributed by atoms with van der Waals surface area (Å²) >= 11 is 0. The largest absolute Gasteiger partial charge is 0.501 e. The maximum Gasteiger partial charge on any atom is 0.195 e. The molecule has 3 rings (SSSR count). The molecule has 0 unspecified atom stereocenters. The van der Waals surface area contributed by atoms with Gasteiger partial charge in [-0.1, -0.05) is 6.07 Å². The van der Waals surface area contributed by atoms with E-state index >= 15 is 0 Å². The second-order valence-corrected chi connectivity index (χ2v) is 4.04. The third-order valence-corrected chi connectivity index (χ3v) is 2.90. The summed E-state index contributed by atoms with van der Waals surface area (Å²) < 4.78 is 6.91. The van der Waals surface area contributed by atoms with Crippen LogP contribution < -0.4 is 0 Å². The molecular weight excluding hydrogens is 216 g/mol. The highest BCUT2D eigenvalue weighted by molar-refractivity contribution is 6.12. The molecule has 2 aromatic heterocycles. The lowest BCUT2D eigenvalue weighted by atomic mass is 10.0. The van der Waals surface area contributed by atoms with E-state index in [1.165, 1.54) is 0 Å². The number of allylic oxidation sites excluding steroid dienone is 1. The van der Waals surface area contributed by atoms with Crippen molar-refractivity contribution in [3.05, 3.63) is 48.0 Å². The van der Waals surface area contributed by atoms with Crippen LogP contribution >= 0.6 is 0 Å². The number of ether oxygens (including phenoxy) is 1. The number of fused-ring (bicyclic) bond motifs is 1. The Kier molecular flexibility index (Phi) is 2.40. The molecule has 0 aromatic carbocycles. The summed E-state index contributed by atoms with van der Waals surface area (Å²) in [5, 5.41) is 4.16. The Labute approximate surface area is 98.5 Å². The highest BCUT2D eigenvalue weighted by Gasteiger charge is 2.18. The number of hydrogen-bond donors (Lipinski definition) is 0. The molecule has 2 aromatic rings. The quantitative estimate of drug-likeness (QED) is 0.740. The molecule has 1 aliphatic heterocycles. The molecule has 0 spiro atoms. The zero-order valence-electron chi connectivity index (χ0n) is 9.30. The van der Waals surface area contributed by atoms with Gasteiger partial charge in [-0.2, -0.15) is 5.10 Å². The monoisotopic (exact) mass is 228 g/mol. The summed E-state index contributed by atoms with van der Waals surface area (Å²) in [4.78, 5) is 12.3. The van der Waals surface area contributed by atoms with E-state index in [0.29, 0.717) is 12.2 Å². The fourth-order valence-corrected chi connectivity index (χ4v) is 2.01. The first-order valence-electron chi connectivity index (χ1n) is 5.64. The van der Waals surface area contributed by atoms with E-state index in [9.17, 15) is 4.79 Å². The minimum atomic E-state index is 0.0194. The van der Waals surface area contributed by atoms with Gasteiger partial charge in [0.15, 0.2) is 5.78 Å². The van der Waals surface area contributed by atoms with Crippen molar-refractivity contribution in [1.29, 1.82) is 0 Å². The first kappa shape index (κ1) is 10.1. The predicted molar refractivity (Wildman–Crippen MR) is 62.8 cm³/mol. The van der Waals surface area contributed by atoms with Crippen LogP contribution in [0.25, 0.3) is 5.52 Å². The normalized spacial score (nSPS) is 15.4. The number of hydrogen-bond acceptors (Lipinski definition) is 3. The van der Waals surface area contributed by atoms with E-state index in [1.807, 2.05) is 24.4 Å². The number of rotatable bonds is 2. The van der Waals surface area contributed by atoms with Crippen LogP contribution in [0.4, 0.5) is 0 Å². The minimum Gasteiger partial charge on any atom is -0.501 e. The van der Waals surface area contributed by atoms with Gasteiger partial charge in [-0.25, -0.2) is 4.52 Å². The molecule has 0 saturated carbocycles. The number of carbonyl (C=O) groups excluding carboxylic acids is 1. The van der Waals surface area contributed by atoms with E-state index < -0.39 is 0 Å². The summed E-state index contributed by atoms with van der Waals surface area (Å²) in [6, 6.07) is 5.68. The Balaban J connectivity index is 2.03.